The summed E-state index contributed by atoms with van der Waals surface area (Å²) in [5, 5.41) is 1.34. The largest absolute Gasteiger partial charge is 0.361 e. The number of para-hydroxylation sites is 1. The molecule has 0 radical (unpaired) electrons. The highest BCUT2D eigenvalue weighted by molar-refractivity contribution is 5.85. The smallest absolute Gasteiger partial charge is 0.131 e. The SMILES string of the molecule is Cc1cccc2c(CN3CCc4nc(C(C)C)ncc4C3)c[nH]c12. The van der Waals surface area contributed by atoms with Crippen LogP contribution in [0.1, 0.15) is 48.0 Å². The Hall–Kier alpha value is -2.20. The zero-order valence-electron chi connectivity index (χ0n) is 14.6. The lowest BCUT2D eigenvalue weighted by Crippen LogP contribution is -2.31. The van der Waals surface area contributed by atoms with Gasteiger partial charge in [-0.05, 0) is 18.1 Å². The fourth-order valence-electron chi connectivity index (χ4n) is 3.54. The van der Waals surface area contributed by atoms with Crippen molar-refractivity contribution in [1.82, 2.24) is 19.9 Å². The average molecular weight is 320 g/mol. The third-order valence-corrected chi connectivity index (χ3v) is 4.95. The van der Waals surface area contributed by atoms with Gasteiger partial charge in [-0.2, -0.15) is 0 Å². The first-order valence-electron chi connectivity index (χ1n) is 8.74. The van der Waals surface area contributed by atoms with Crippen molar-refractivity contribution in [2.75, 3.05) is 6.54 Å². The molecule has 1 N–H and O–H groups in total. The predicted molar refractivity (Wildman–Crippen MR) is 97.0 cm³/mol. The van der Waals surface area contributed by atoms with E-state index >= 15 is 0 Å². The first-order valence-corrected chi connectivity index (χ1v) is 8.74. The van der Waals surface area contributed by atoms with Crippen LogP contribution < -0.4 is 0 Å². The summed E-state index contributed by atoms with van der Waals surface area (Å²) < 4.78 is 0. The van der Waals surface area contributed by atoms with Crippen molar-refractivity contribution in [3.05, 3.63) is 58.8 Å². The van der Waals surface area contributed by atoms with Gasteiger partial charge in [-0.1, -0.05) is 32.0 Å². The van der Waals surface area contributed by atoms with Gasteiger partial charge in [0.05, 0.1) is 0 Å². The normalized spacial score (nSPS) is 15.2. The fraction of sp³-hybridized carbons (Fsp3) is 0.400. The summed E-state index contributed by atoms with van der Waals surface area (Å²) in [4.78, 5) is 15.2. The number of fused-ring (bicyclic) bond motifs is 2. The minimum Gasteiger partial charge on any atom is -0.361 e. The molecule has 1 aliphatic heterocycles. The highest BCUT2D eigenvalue weighted by Crippen LogP contribution is 2.25. The van der Waals surface area contributed by atoms with Crippen molar-refractivity contribution in [2.45, 2.75) is 46.2 Å². The van der Waals surface area contributed by atoms with Crippen LogP contribution >= 0.6 is 0 Å². The van der Waals surface area contributed by atoms with Gasteiger partial charge in [0.15, 0.2) is 0 Å². The van der Waals surface area contributed by atoms with Crippen molar-refractivity contribution in [3.8, 4) is 0 Å². The molecule has 0 saturated heterocycles. The van der Waals surface area contributed by atoms with Crippen molar-refractivity contribution in [2.24, 2.45) is 0 Å². The van der Waals surface area contributed by atoms with E-state index in [4.69, 9.17) is 4.98 Å². The summed E-state index contributed by atoms with van der Waals surface area (Å²) in [5.41, 5.74) is 6.45. The molecule has 0 aliphatic carbocycles. The molecule has 124 valence electrons. The van der Waals surface area contributed by atoms with Crippen molar-refractivity contribution in [3.63, 3.8) is 0 Å². The molecule has 1 aromatic carbocycles. The minimum atomic E-state index is 0.391. The van der Waals surface area contributed by atoms with E-state index in [-0.39, 0.29) is 0 Å². The molecule has 2 aromatic heterocycles. The van der Waals surface area contributed by atoms with Crippen LogP contribution in [0.4, 0.5) is 0 Å². The zero-order valence-corrected chi connectivity index (χ0v) is 14.6. The maximum absolute atomic E-state index is 4.76. The lowest BCUT2D eigenvalue weighted by Gasteiger charge is -2.28. The first-order chi connectivity index (χ1) is 11.6. The molecule has 0 saturated carbocycles. The molecular formula is C20H24N4. The number of hydrogen-bond donors (Lipinski definition) is 1. The second-order valence-electron chi connectivity index (χ2n) is 7.13. The third-order valence-electron chi connectivity index (χ3n) is 4.95. The third kappa shape index (κ3) is 2.71. The number of aromatic nitrogens is 3. The number of aryl methyl sites for hydroxylation is 1. The van der Waals surface area contributed by atoms with E-state index in [2.05, 4.69) is 60.0 Å². The van der Waals surface area contributed by atoms with Gasteiger partial charge in [0.2, 0.25) is 0 Å². The van der Waals surface area contributed by atoms with Crippen LogP contribution in [0, 0.1) is 6.92 Å². The fourth-order valence-corrected chi connectivity index (χ4v) is 3.54. The molecule has 0 bridgehead atoms. The van der Waals surface area contributed by atoms with Gasteiger partial charge in [0.1, 0.15) is 5.82 Å². The molecule has 4 nitrogen and oxygen atoms in total. The summed E-state index contributed by atoms with van der Waals surface area (Å²) >= 11 is 0. The average Bonchev–Trinajstić information content (AvgIpc) is 2.99. The van der Waals surface area contributed by atoms with E-state index in [0.717, 1.165) is 31.9 Å². The van der Waals surface area contributed by atoms with E-state index in [0.29, 0.717) is 5.92 Å². The Balaban J connectivity index is 1.55. The molecule has 4 rings (SSSR count). The number of hydrogen-bond acceptors (Lipinski definition) is 3. The topological polar surface area (TPSA) is 44.8 Å². The van der Waals surface area contributed by atoms with Gasteiger partial charge in [-0.3, -0.25) is 4.90 Å². The molecule has 1 aliphatic rings. The molecule has 0 unspecified atom stereocenters. The summed E-state index contributed by atoms with van der Waals surface area (Å²) in [6, 6.07) is 6.51. The second kappa shape index (κ2) is 6.02. The number of nitrogens with zero attached hydrogens (tertiary/aromatic N) is 3. The number of aromatic amines is 1. The van der Waals surface area contributed by atoms with E-state index < -0.39 is 0 Å². The lowest BCUT2D eigenvalue weighted by atomic mass is 10.0. The molecule has 0 spiro atoms. The number of benzene rings is 1. The van der Waals surface area contributed by atoms with Crippen LogP contribution in [0.2, 0.25) is 0 Å². The molecule has 0 fully saturated rings. The molecule has 4 heteroatoms. The predicted octanol–water partition coefficient (Wildman–Crippen LogP) is 3.95. The van der Waals surface area contributed by atoms with Crippen LogP contribution in [-0.4, -0.2) is 26.4 Å². The van der Waals surface area contributed by atoms with Crippen molar-refractivity contribution >= 4 is 10.9 Å². The highest BCUT2D eigenvalue weighted by Gasteiger charge is 2.20. The van der Waals surface area contributed by atoms with Gasteiger partial charge in [-0.15, -0.1) is 0 Å². The minimum absolute atomic E-state index is 0.391. The Morgan fingerprint density at radius 2 is 2.17 bits per heavy atom. The summed E-state index contributed by atoms with van der Waals surface area (Å²) in [6.45, 7) is 9.41. The standard InChI is InChI=1S/C20H24N4/c1-13(2)20-22-10-16-12-24(8-7-18(16)23-20)11-15-9-21-19-14(3)5-4-6-17(15)19/h4-6,9-10,13,21H,7-8,11-12H2,1-3H3. The van der Waals surface area contributed by atoms with Gasteiger partial charge in [0, 0.05) is 66.5 Å². The lowest BCUT2D eigenvalue weighted by molar-refractivity contribution is 0.243. The van der Waals surface area contributed by atoms with Crippen LogP contribution in [0.3, 0.4) is 0 Å². The van der Waals surface area contributed by atoms with Crippen LogP contribution in [0.5, 0.6) is 0 Å². The van der Waals surface area contributed by atoms with E-state index in [1.165, 1.54) is 33.3 Å². The molecule has 0 amide bonds. The number of nitrogens with one attached hydrogen (secondary N) is 1. The maximum Gasteiger partial charge on any atom is 0.131 e. The molecule has 0 atom stereocenters. The Kier molecular flexibility index (Phi) is 3.85. The zero-order chi connectivity index (χ0) is 16.7. The molecular weight excluding hydrogens is 296 g/mol. The monoisotopic (exact) mass is 320 g/mol. The Bertz CT molecular complexity index is 878. The second-order valence-corrected chi connectivity index (χ2v) is 7.13. The van der Waals surface area contributed by atoms with Crippen molar-refractivity contribution < 1.29 is 0 Å². The Morgan fingerprint density at radius 1 is 1.29 bits per heavy atom. The molecule has 3 aromatic rings. The number of H-pyrrole nitrogens is 1. The maximum atomic E-state index is 4.76. The summed E-state index contributed by atoms with van der Waals surface area (Å²) in [6.07, 6.45) is 5.20. The van der Waals surface area contributed by atoms with Gasteiger partial charge >= 0.3 is 0 Å². The summed E-state index contributed by atoms with van der Waals surface area (Å²) in [5.74, 6) is 1.36. The van der Waals surface area contributed by atoms with Gasteiger partial charge in [-0.25, -0.2) is 9.97 Å². The van der Waals surface area contributed by atoms with Gasteiger partial charge in [0.25, 0.3) is 0 Å². The Morgan fingerprint density at radius 3 is 3.00 bits per heavy atom. The Labute approximate surface area is 142 Å². The molecule has 3 heterocycles. The van der Waals surface area contributed by atoms with Crippen LogP contribution in [-0.2, 0) is 19.5 Å². The molecule has 24 heavy (non-hydrogen) atoms. The van der Waals surface area contributed by atoms with Crippen LogP contribution in [0.15, 0.2) is 30.6 Å². The van der Waals surface area contributed by atoms with E-state index in [9.17, 15) is 0 Å². The van der Waals surface area contributed by atoms with Crippen molar-refractivity contribution in [1.29, 1.82) is 0 Å². The van der Waals surface area contributed by atoms with Crippen LogP contribution in [0.25, 0.3) is 10.9 Å². The van der Waals surface area contributed by atoms with E-state index in [1.54, 1.807) is 0 Å². The highest BCUT2D eigenvalue weighted by atomic mass is 15.1. The summed E-state index contributed by atoms with van der Waals surface area (Å²) in [7, 11) is 0. The quantitative estimate of drug-likeness (QED) is 0.795. The number of rotatable bonds is 3. The van der Waals surface area contributed by atoms with Gasteiger partial charge < -0.3 is 4.98 Å². The van der Waals surface area contributed by atoms with E-state index in [1.807, 2.05) is 6.20 Å². The first kappa shape index (κ1) is 15.3.